The standard InChI is InChI=1S/C15H11BFN3/c17-11-7-8-14(18-9-11)16-19-12-5-1-3-10-4-2-6-13(20-16)15(10)12/h1-9,19-20H. The molecule has 96 valence electrons. The van der Waals surface area contributed by atoms with Crippen molar-refractivity contribution in [1.82, 2.24) is 4.98 Å². The van der Waals surface area contributed by atoms with Crippen LogP contribution in [0.5, 0.6) is 0 Å². The molecule has 0 aliphatic carbocycles. The molecule has 0 atom stereocenters. The van der Waals surface area contributed by atoms with E-state index in [-0.39, 0.29) is 12.8 Å². The van der Waals surface area contributed by atoms with Crippen LogP contribution in [0.15, 0.2) is 54.7 Å². The highest BCUT2D eigenvalue weighted by molar-refractivity contribution is 6.79. The van der Waals surface area contributed by atoms with Crippen LogP contribution in [-0.2, 0) is 0 Å². The summed E-state index contributed by atoms with van der Waals surface area (Å²) in [5, 5.41) is 9.16. The third kappa shape index (κ3) is 1.71. The SMILES string of the molecule is Fc1ccc(B2Nc3cccc4cccc(c34)N2)nc1. The molecule has 0 saturated heterocycles. The fourth-order valence-electron chi connectivity index (χ4n) is 2.63. The molecule has 0 bridgehead atoms. The topological polar surface area (TPSA) is 37.0 Å². The highest BCUT2D eigenvalue weighted by atomic mass is 19.1. The molecule has 0 radical (unpaired) electrons. The molecule has 0 amide bonds. The summed E-state index contributed by atoms with van der Waals surface area (Å²) >= 11 is 0. The molecule has 2 N–H and O–H groups in total. The first kappa shape index (κ1) is 11.3. The average molecular weight is 263 g/mol. The van der Waals surface area contributed by atoms with Gasteiger partial charge in [0.2, 0.25) is 0 Å². The summed E-state index contributed by atoms with van der Waals surface area (Å²) in [6.45, 7) is -0.156. The Morgan fingerprint density at radius 1 is 0.900 bits per heavy atom. The van der Waals surface area contributed by atoms with Gasteiger partial charge in [-0.1, -0.05) is 24.3 Å². The van der Waals surface area contributed by atoms with E-state index in [1.54, 1.807) is 6.07 Å². The van der Waals surface area contributed by atoms with E-state index in [9.17, 15) is 4.39 Å². The van der Waals surface area contributed by atoms with Crippen molar-refractivity contribution in [2.75, 3.05) is 10.5 Å². The summed E-state index contributed by atoms with van der Waals surface area (Å²) in [5.41, 5.74) is 2.89. The summed E-state index contributed by atoms with van der Waals surface area (Å²) in [4.78, 5) is 4.14. The Morgan fingerprint density at radius 2 is 1.60 bits per heavy atom. The van der Waals surface area contributed by atoms with Crippen molar-refractivity contribution in [3.63, 3.8) is 0 Å². The van der Waals surface area contributed by atoms with Gasteiger partial charge < -0.3 is 10.5 Å². The molecule has 3 aromatic rings. The molecule has 0 unspecified atom stereocenters. The zero-order chi connectivity index (χ0) is 13.5. The van der Waals surface area contributed by atoms with Crippen molar-refractivity contribution in [3.8, 4) is 0 Å². The van der Waals surface area contributed by atoms with Crippen molar-refractivity contribution < 1.29 is 4.39 Å². The maximum absolute atomic E-state index is 13.0. The van der Waals surface area contributed by atoms with Crippen LogP contribution in [0.2, 0.25) is 0 Å². The Kier molecular flexibility index (Phi) is 2.39. The molecule has 4 rings (SSSR count). The Bertz CT molecular complexity index is 748. The minimum absolute atomic E-state index is 0.156. The number of rotatable bonds is 1. The second-order valence-corrected chi connectivity index (χ2v) is 4.83. The minimum Gasteiger partial charge on any atom is -0.404 e. The number of benzene rings is 2. The van der Waals surface area contributed by atoms with E-state index in [0.717, 1.165) is 17.0 Å². The highest BCUT2D eigenvalue weighted by Crippen LogP contribution is 2.33. The predicted molar refractivity (Wildman–Crippen MR) is 80.8 cm³/mol. The smallest absolute Gasteiger partial charge is 0.404 e. The van der Waals surface area contributed by atoms with Crippen LogP contribution >= 0.6 is 0 Å². The van der Waals surface area contributed by atoms with Crippen LogP contribution in [0, 0.1) is 5.82 Å². The van der Waals surface area contributed by atoms with Gasteiger partial charge in [0.25, 0.3) is 0 Å². The van der Waals surface area contributed by atoms with Gasteiger partial charge in [0.1, 0.15) is 5.82 Å². The van der Waals surface area contributed by atoms with Gasteiger partial charge in [-0.3, -0.25) is 4.98 Å². The molecule has 1 aromatic heterocycles. The lowest BCUT2D eigenvalue weighted by Gasteiger charge is -2.26. The largest absolute Gasteiger partial charge is 0.425 e. The maximum atomic E-state index is 13.0. The molecule has 1 aliphatic heterocycles. The van der Waals surface area contributed by atoms with Gasteiger partial charge in [0.05, 0.1) is 11.8 Å². The summed E-state index contributed by atoms with van der Waals surface area (Å²) in [5.74, 6) is -0.327. The van der Waals surface area contributed by atoms with E-state index in [0.29, 0.717) is 0 Å². The molecular formula is C15H11BFN3. The predicted octanol–water partition coefficient (Wildman–Crippen LogP) is 2.61. The zero-order valence-electron chi connectivity index (χ0n) is 10.6. The molecule has 0 fully saturated rings. The van der Waals surface area contributed by atoms with Gasteiger partial charge in [-0.2, -0.15) is 0 Å². The minimum atomic E-state index is -0.327. The molecule has 2 heterocycles. The van der Waals surface area contributed by atoms with E-state index < -0.39 is 0 Å². The van der Waals surface area contributed by atoms with E-state index in [1.807, 2.05) is 24.3 Å². The fourth-order valence-corrected chi connectivity index (χ4v) is 2.63. The van der Waals surface area contributed by atoms with Crippen LogP contribution in [0.3, 0.4) is 0 Å². The first-order valence-corrected chi connectivity index (χ1v) is 6.47. The van der Waals surface area contributed by atoms with Crippen molar-refractivity contribution in [3.05, 3.63) is 60.5 Å². The third-order valence-electron chi connectivity index (χ3n) is 3.55. The molecule has 5 heteroatoms. The molecular weight excluding hydrogens is 252 g/mol. The lowest BCUT2D eigenvalue weighted by atomic mass is 9.69. The summed E-state index contributed by atoms with van der Waals surface area (Å²) in [7, 11) is 0. The fraction of sp³-hybridized carbons (Fsp3) is 0. The molecule has 1 aliphatic rings. The van der Waals surface area contributed by atoms with Gasteiger partial charge in [0, 0.05) is 16.8 Å². The Labute approximate surface area is 116 Å². The van der Waals surface area contributed by atoms with Crippen LogP contribution < -0.4 is 16.0 Å². The summed E-state index contributed by atoms with van der Waals surface area (Å²) < 4.78 is 13.0. The summed E-state index contributed by atoms with van der Waals surface area (Å²) in [6.07, 6.45) is 1.24. The van der Waals surface area contributed by atoms with Crippen LogP contribution in [-0.4, -0.2) is 12.0 Å². The second-order valence-electron chi connectivity index (χ2n) is 4.83. The number of anilines is 2. The number of aromatic nitrogens is 1. The Hall–Kier alpha value is -2.56. The average Bonchev–Trinajstić information content (AvgIpc) is 2.48. The van der Waals surface area contributed by atoms with Crippen molar-refractivity contribution in [1.29, 1.82) is 0 Å². The van der Waals surface area contributed by atoms with Crippen molar-refractivity contribution in [2.45, 2.75) is 0 Å². The molecule has 0 saturated carbocycles. The van der Waals surface area contributed by atoms with Crippen LogP contribution in [0.4, 0.5) is 15.8 Å². The molecule has 20 heavy (non-hydrogen) atoms. The van der Waals surface area contributed by atoms with E-state index >= 15 is 0 Å². The van der Waals surface area contributed by atoms with Gasteiger partial charge in [-0.05, 0) is 29.7 Å². The number of nitrogens with zero attached hydrogens (tertiary/aromatic N) is 1. The Morgan fingerprint density at radius 3 is 2.20 bits per heavy atom. The summed E-state index contributed by atoms with van der Waals surface area (Å²) in [6, 6.07) is 15.4. The lowest BCUT2D eigenvalue weighted by molar-refractivity contribution is 0.622. The van der Waals surface area contributed by atoms with E-state index in [4.69, 9.17) is 0 Å². The first-order chi connectivity index (χ1) is 9.81. The number of hydrogen-bond acceptors (Lipinski definition) is 3. The highest BCUT2D eigenvalue weighted by Gasteiger charge is 2.26. The monoisotopic (exact) mass is 263 g/mol. The number of nitrogens with one attached hydrogen (secondary N) is 2. The first-order valence-electron chi connectivity index (χ1n) is 6.47. The third-order valence-corrected chi connectivity index (χ3v) is 3.55. The van der Waals surface area contributed by atoms with Gasteiger partial charge in [0.15, 0.2) is 0 Å². The molecule has 3 nitrogen and oxygen atoms in total. The number of hydrogen-bond donors (Lipinski definition) is 2. The number of pyridine rings is 1. The van der Waals surface area contributed by atoms with Crippen LogP contribution in [0.1, 0.15) is 0 Å². The van der Waals surface area contributed by atoms with Gasteiger partial charge >= 0.3 is 6.98 Å². The normalized spacial score (nSPS) is 12.9. The second kappa shape index (κ2) is 4.23. The zero-order valence-corrected chi connectivity index (χ0v) is 10.6. The van der Waals surface area contributed by atoms with Crippen LogP contribution in [0.25, 0.3) is 10.8 Å². The van der Waals surface area contributed by atoms with Crippen molar-refractivity contribution in [2.24, 2.45) is 0 Å². The van der Waals surface area contributed by atoms with Crippen molar-refractivity contribution >= 4 is 34.7 Å². The quantitative estimate of drug-likeness (QED) is 0.662. The van der Waals surface area contributed by atoms with E-state index in [2.05, 4.69) is 27.6 Å². The van der Waals surface area contributed by atoms with Gasteiger partial charge in [-0.25, -0.2) is 4.39 Å². The molecule has 2 aromatic carbocycles. The van der Waals surface area contributed by atoms with E-state index in [1.165, 1.54) is 23.0 Å². The lowest BCUT2D eigenvalue weighted by Crippen LogP contribution is -2.49. The number of halogens is 1. The molecule has 0 spiro atoms. The Balaban J connectivity index is 1.81. The van der Waals surface area contributed by atoms with Gasteiger partial charge in [-0.15, -0.1) is 0 Å². The maximum Gasteiger partial charge on any atom is 0.425 e.